The Morgan fingerprint density at radius 3 is 2.72 bits per heavy atom. The molecule has 18 heavy (non-hydrogen) atoms. The zero-order valence-corrected chi connectivity index (χ0v) is 11.9. The van der Waals surface area contributed by atoms with E-state index in [2.05, 4.69) is 5.32 Å². The van der Waals surface area contributed by atoms with Gasteiger partial charge in [0.15, 0.2) is 0 Å². The van der Waals surface area contributed by atoms with Crippen molar-refractivity contribution in [1.29, 1.82) is 0 Å². The lowest BCUT2D eigenvalue weighted by molar-refractivity contribution is -0.164. The maximum Gasteiger partial charge on any atom is 0.326 e. The van der Waals surface area contributed by atoms with Gasteiger partial charge in [-0.15, -0.1) is 0 Å². The van der Waals surface area contributed by atoms with Crippen molar-refractivity contribution >= 4 is 5.97 Å². The molecule has 0 aromatic heterocycles. The van der Waals surface area contributed by atoms with Gasteiger partial charge in [-0.2, -0.15) is 0 Å². The van der Waals surface area contributed by atoms with Crippen molar-refractivity contribution in [1.82, 2.24) is 5.32 Å². The standard InChI is InChI=1S/C13H25NO4/c1-5-17-11(15)13(14-7-9-16-4)6-8-18-12(2,3)10-13/h14H,5-10H2,1-4H3. The summed E-state index contributed by atoms with van der Waals surface area (Å²) in [6, 6.07) is 0. The van der Waals surface area contributed by atoms with Crippen LogP contribution in [0.15, 0.2) is 0 Å². The van der Waals surface area contributed by atoms with Gasteiger partial charge in [-0.3, -0.25) is 10.1 Å². The Hall–Kier alpha value is -0.650. The van der Waals surface area contributed by atoms with Crippen molar-refractivity contribution in [2.75, 3.05) is 33.5 Å². The minimum Gasteiger partial charge on any atom is -0.465 e. The van der Waals surface area contributed by atoms with Crippen LogP contribution < -0.4 is 5.32 Å². The van der Waals surface area contributed by atoms with Crippen molar-refractivity contribution < 1.29 is 19.0 Å². The van der Waals surface area contributed by atoms with Gasteiger partial charge in [-0.1, -0.05) is 0 Å². The molecule has 5 nitrogen and oxygen atoms in total. The lowest BCUT2D eigenvalue weighted by Gasteiger charge is -2.43. The Morgan fingerprint density at radius 1 is 1.44 bits per heavy atom. The number of esters is 1. The number of methoxy groups -OCH3 is 1. The number of nitrogens with one attached hydrogen (secondary N) is 1. The highest BCUT2D eigenvalue weighted by Gasteiger charge is 2.47. The van der Waals surface area contributed by atoms with Gasteiger partial charge >= 0.3 is 5.97 Å². The van der Waals surface area contributed by atoms with E-state index >= 15 is 0 Å². The van der Waals surface area contributed by atoms with Crippen LogP contribution in [-0.2, 0) is 19.0 Å². The van der Waals surface area contributed by atoms with Crippen LogP contribution in [-0.4, -0.2) is 50.6 Å². The van der Waals surface area contributed by atoms with Gasteiger partial charge in [0.05, 0.1) is 18.8 Å². The highest BCUT2D eigenvalue weighted by Crippen LogP contribution is 2.33. The number of hydrogen-bond donors (Lipinski definition) is 1. The highest BCUT2D eigenvalue weighted by atomic mass is 16.5. The molecule has 0 spiro atoms. The van der Waals surface area contributed by atoms with E-state index in [4.69, 9.17) is 14.2 Å². The summed E-state index contributed by atoms with van der Waals surface area (Å²) in [5, 5.41) is 3.30. The minimum absolute atomic E-state index is 0.183. The number of hydrogen-bond acceptors (Lipinski definition) is 5. The van der Waals surface area contributed by atoms with Crippen LogP contribution in [0.3, 0.4) is 0 Å². The smallest absolute Gasteiger partial charge is 0.326 e. The molecule has 1 atom stereocenters. The lowest BCUT2D eigenvalue weighted by atomic mass is 9.81. The normalized spacial score (nSPS) is 26.9. The maximum atomic E-state index is 12.2. The molecule has 1 saturated heterocycles. The van der Waals surface area contributed by atoms with Gasteiger partial charge in [0.1, 0.15) is 5.54 Å². The molecule has 1 rings (SSSR count). The average Bonchev–Trinajstić information content (AvgIpc) is 2.28. The zero-order chi connectivity index (χ0) is 13.6. The summed E-state index contributed by atoms with van der Waals surface area (Å²) in [7, 11) is 1.65. The van der Waals surface area contributed by atoms with Crippen molar-refractivity contribution in [3.63, 3.8) is 0 Å². The molecule has 0 aromatic carbocycles. The van der Waals surface area contributed by atoms with Gasteiger partial charge in [-0.25, -0.2) is 0 Å². The minimum atomic E-state index is -0.643. The van der Waals surface area contributed by atoms with Crippen LogP contribution in [0.4, 0.5) is 0 Å². The van der Waals surface area contributed by atoms with Crippen LogP contribution in [0.5, 0.6) is 0 Å². The second kappa shape index (κ2) is 6.50. The van der Waals surface area contributed by atoms with Gasteiger partial charge in [0.2, 0.25) is 0 Å². The summed E-state index contributed by atoms with van der Waals surface area (Å²) >= 11 is 0. The first kappa shape index (κ1) is 15.4. The molecule has 0 bridgehead atoms. The number of rotatable bonds is 6. The van der Waals surface area contributed by atoms with E-state index < -0.39 is 5.54 Å². The third-order valence-electron chi connectivity index (χ3n) is 3.18. The number of ether oxygens (including phenoxy) is 3. The van der Waals surface area contributed by atoms with E-state index in [0.29, 0.717) is 39.2 Å². The second-order valence-corrected chi connectivity index (χ2v) is 5.26. The molecule has 0 aliphatic carbocycles. The molecule has 1 fully saturated rings. The van der Waals surface area contributed by atoms with Crippen molar-refractivity contribution in [2.45, 2.75) is 44.8 Å². The SMILES string of the molecule is CCOC(=O)C1(NCCOC)CCOC(C)(C)C1. The molecule has 1 unspecified atom stereocenters. The van der Waals surface area contributed by atoms with Crippen molar-refractivity contribution in [3.8, 4) is 0 Å². The quantitative estimate of drug-likeness (QED) is 0.572. The Kier molecular flexibility index (Phi) is 5.56. The van der Waals surface area contributed by atoms with Crippen LogP contribution in [0, 0.1) is 0 Å². The van der Waals surface area contributed by atoms with E-state index in [9.17, 15) is 4.79 Å². The molecule has 5 heteroatoms. The fourth-order valence-electron chi connectivity index (χ4n) is 2.43. The van der Waals surface area contributed by atoms with Crippen LogP contribution in [0.25, 0.3) is 0 Å². The monoisotopic (exact) mass is 259 g/mol. The summed E-state index contributed by atoms with van der Waals surface area (Å²) in [4.78, 5) is 12.2. The lowest BCUT2D eigenvalue weighted by Crippen LogP contribution is -2.60. The van der Waals surface area contributed by atoms with Crippen LogP contribution in [0.2, 0.25) is 0 Å². The first-order valence-corrected chi connectivity index (χ1v) is 6.51. The fraction of sp³-hybridized carbons (Fsp3) is 0.923. The summed E-state index contributed by atoms with van der Waals surface area (Å²) < 4.78 is 15.9. The number of carbonyl (C=O) groups is 1. The Labute approximate surface area is 109 Å². The Balaban J connectivity index is 2.76. The van der Waals surface area contributed by atoms with E-state index in [1.807, 2.05) is 20.8 Å². The first-order valence-electron chi connectivity index (χ1n) is 6.51. The molecule has 106 valence electrons. The topological polar surface area (TPSA) is 56.8 Å². The van der Waals surface area contributed by atoms with E-state index in [-0.39, 0.29) is 11.6 Å². The molecule has 1 N–H and O–H groups in total. The molecule has 0 radical (unpaired) electrons. The fourth-order valence-corrected chi connectivity index (χ4v) is 2.43. The van der Waals surface area contributed by atoms with Crippen LogP contribution >= 0.6 is 0 Å². The molecule has 1 aliphatic rings. The van der Waals surface area contributed by atoms with E-state index in [1.165, 1.54) is 0 Å². The maximum absolute atomic E-state index is 12.2. The molecule has 1 heterocycles. The van der Waals surface area contributed by atoms with Crippen molar-refractivity contribution in [2.24, 2.45) is 0 Å². The highest BCUT2D eigenvalue weighted by molar-refractivity contribution is 5.81. The summed E-state index contributed by atoms with van der Waals surface area (Å²) in [5.74, 6) is -0.183. The predicted octanol–water partition coefficient (Wildman–Crippen LogP) is 1.11. The summed E-state index contributed by atoms with van der Waals surface area (Å²) in [6.45, 7) is 7.98. The van der Waals surface area contributed by atoms with Gasteiger partial charge in [-0.05, 0) is 27.2 Å². The molecule has 0 saturated carbocycles. The number of carbonyl (C=O) groups excluding carboxylic acids is 1. The van der Waals surface area contributed by atoms with Gasteiger partial charge < -0.3 is 14.2 Å². The third-order valence-corrected chi connectivity index (χ3v) is 3.18. The van der Waals surface area contributed by atoms with Gasteiger partial charge in [0, 0.05) is 26.7 Å². The molecule has 0 aromatic rings. The third kappa shape index (κ3) is 3.93. The van der Waals surface area contributed by atoms with E-state index in [0.717, 1.165) is 0 Å². The van der Waals surface area contributed by atoms with E-state index in [1.54, 1.807) is 7.11 Å². The first-order chi connectivity index (χ1) is 8.46. The molecule has 1 aliphatic heterocycles. The molecular weight excluding hydrogens is 234 g/mol. The Bertz CT molecular complexity index is 280. The molecular formula is C13H25NO4. The largest absolute Gasteiger partial charge is 0.465 e. The average molecular weight is 259 g/mol. The predicted molar refractivity (Wildman–Crippen MR) is 68.5 cm³/mol. The second-order valence-electron chi connectivity index (χ2n) is 5.26. The summed E-state index contributed by atoms with van der Waals surface area (Å²) in [5.41, 5.74) is -0.957. The van der Waals surface area contributed by atoms with Gasteiger partial charge in [0.25, 0.3) is 0 Å². The Morgan fingerprint density at radius 2 is 2.17 bits per heavy atom. The summed E-state index contributed by atoms with van der Waals surface area (Å²) in [6.07, 6.45) is 1.25. The zero-order valence-electron chi connectivity index (χ0n) is 11.9. The van der Waals surface area contributed by atoms with Crippen molar-refractivity contribution in [3.05, 3.63) is 0 Å². The van der Waals surface area contributed by atoms with Crippen LogP contribution in [0.1, 0.15) is 33.6 Å². The molecule has 0 amide bonds.